The van der Waals surface area contributed by atoms with E-state index in [1.165, 1.54) is 21.3 Å². The zero-order chi connectivity index (χ0) is 21.6. The molecule has 0 saturated heterocycles. The maximum atomic E-state index is 12.7. The summed E-state index contributed by atoms with van der Waals surface area (Å²) >= 11 is 0. The summed E-state index contributed by atoms with van der Waals surface area (Å²) in [5.41, 5.74) is 3.42. The molecule has 0 fully saturated rings. The van der Waals surface area contributed by atoms with Gasteiger partial charge in [-0.2, -0.15) is 5.26 Å². The van der Waals surface area contributed by atoms with Crippen LogP contribution in [-0.4, -0.2) is 31.8 Å². The van der Waals surface area contributed by atoms with Crippen LogP contribution in [0.4, 0.5) is 5.69 Å². The van der Waals surface area contributed by atoms with Crippen LogP contribution in [0, 0.1) is 25.2 Å². The number of aromatic nitrogens is 1. The Morgan fingerprint density at radius 1 is 1.14 bits per heavy atom. The Morgan fingerprint density at radius 3 is 2.24 bits per heavy atom. The fourth-order valence-corrected chi connectivity index (χ4v) is 3.20. The van der Waals surface area contributed by atoms with Gasteiger partial charge in [0.15, 0.2) is 11.5 Å². The molecule has 29 heavy (non-hydrogen) atoms. The van der Waals surface area contributed by atoms with Crippen molar-refractivity contribution in [1.82, 2.24) is 4.57 Å². The van der Waals surface area contributed by atoms with E-state index in [-0.39, 0.29) is 5.57 Å². The average Bonchev–Trinajstić information content (AvgIpc) is 2.98. The largest absolute Gasteiger partial charge is 0.493 e. The molecule has 7 heteroatoms. The van der Waals surface area contributed by atoms with Gasteiger partial charge in [-0.05, 0) is 38.0 Å². The molecule has 1 aromatic heterocycles. The number of benzene rings is 1. The van der Waals surface area contributed by atoms with E-state index in [9.17, 15) is 10.1 Å². The van der Waals surface area contributed by atoms with E-state index in [0.29, 0.717) is 22.9 Å². The normalized spacial score (nSPS) is 11.0. The fraction of sp³-hybridized carbons (Fsp3) is 0.364. The van der Waals surface area contributed by atoms with Crippen LogP contribution in [0.2, 0.25) is 0 Å². The van der Waals surface area contributed by atoms with Gasteiger partial charge in [-0.3, -0.25) is 4.79 Å². The van der Waals surface area contributed by atoms with Crippen molar-refractivity contribution in [3.63, 3.8) is 0 Å². The van der Waals surface area contributed by atoms with E-state index < -0.39 is 5.91 Å². The van der Waals surface area contributed by atoms with Gasteiger partial charge >= 0.3 is 0 Å². The number of rotatable bonds is 8. The lowest BCUT2D eigenvalue weighted by Gasteiger charge is -2.14. The number of amides is 1. The quantitative estimate of drug-likeness (QED) is 0.536. The molecule has 1 amide bonds. The lowest BCUT2D eigenvalue weighted by molar-refractivity contribution is -0.112. The number of carbonyl (C=O) groups excluding carboxylic acids is 1. The van der Waals surface area contributed by atoms with E-state index in [2.05, 4.69) is 16.8 Å². The summed E-state index contributed by atoms with van der Waals surface area (Å²) in [6.45, 7) is 7.01. The Bertz CT molecular complexity index is 942. The van der Waals surface area contributed by atoms with Crippen molar-refractivity contribution in [2.75, 3.05) is 26.6 Å². The first-order valence-electron chi connectivity index (χ1n) is 9.29. The molecule has 0 bridgehead atoms. The van der Waals surface area contributed by atoms with E-state index in [4.69, 9.17) is 14.2 Å². The summed E-state index contributed by atoms with van der Waals surface area (Å²) in [5.74, 6) is 0.731. The van der Waals surface area contributed by atoms with Crippen molar-refractivity contribution in [1.29, 1.82) is 5.26 Å². The Morgan fingerprint density at radius 2 is 1.76 bits per heavy atom. The van der Waals surface area contributed by atoms with Gasteiger partial charge in [-0.1, -0.05) is 6.92 Å². The van der Waals surface area contributed by atoms with Crippen LogP contribution in [-0.2, 0) is 11.3 Å². The Labute approximate surface area is 171 Å². The highest BCUT2D eigenvalue weighted by molar-refractivity contribution is 6.10. The van der Waals surface area contributed by atoms with E-state index in [0.717, 1.165) is 29.9 Å². The van der Waals surface area contributed by atoms with E-state index >= 15 is 0 Å². The zero-order valence-corrected chi connectivity index (χ0v) is 17.8. The summed E-state index contributed by atoms with van der Waals surface area (Å²) in [6.07, 6.45) is 2.62. The molecule has 0 aliphatic rings. The third-order valence-electron chi connectivity index (χ3n) is 4.65. The molecule has 0 aliphatic heterocycles. The van der Waals surface area contributed by atoms with Gasteiger partial charge in [0, 0.05) is 35.8 Å². The van der Waals surface area contributed by atoms with Gasteiger partial charge in [0.05, 0.1) is 21.3 Å². The van der Waals surface area contributed by atoms with Gasteiger partial charge < -0.3 is 24.1 Å². The smallest absolute Gasteiger partial charge is 0.266 e. The first kappa shape index (κ1) is 21.9. The second-order valence-electron chi connectivity index (χ2n) is 6.52. The molecule has 0 radical (unpaired) electrons. The number of nitrogens with one attached hydrogen (secondary N) is 1. The second kappa shape index (κ2) is 9.69. The second-order valence-corrected chi connectivity index (χ2v) is 6.52. The van der Waals surface area contributed by atoms with Crippen LogP contribution in [0.25, 0.3) is 6.08 Å². The number of carbonyl (C=O) groups is 1. The lowest BCUT2D eigenvalue weighted by atomic mass is 10.1. The summed E-state index contributed by atoms with van der Waals surface area (Å²) in [7, 11) is 4.50. The van der Waals surface area contributed by atoms with E-state index in [1.54, 1.807) is 18.2 Å². The fourth-order valence-electron chi connectivity index (χ4n) is 3.20. The third kappa shape index (κ3) is 4.72. The van der Waals surface area contributed by atoms with Crippen LogP contribution in [0.1, 0.15) is 30.3 Å². The van der Waals surface area contributed by atoms with Crippen molar-refractivity contribution in [3.8, 4) is 23.3 Å². The Balaban J connectivity index is 2.35. The summed E-state index contributed by atoms with van der Waals surface area (Å²) in [5, 5.41) is 12.3. The van der Waals surface area contributed by atoms with Crippen molar-refractivity contribution in [3.05, 3.63) is 40.7 Å². The molecule has 2 aromatic rings. The minimum atomic E-state index is -0.512. The molecule has 154 valence electrons. The highest BCUT2D eigenvalue weighted by Crippen LogP contribution is 2.40. The molecule has 0 saturated carbocycles. The van der Waals surface area contributed by atoms with Gasteiger partial charge in [0.2, 0.25) is 5.75 Å². The number of methoxy groups -OCH3 is 3. The molecule has 0 unspecified atom stereocenters. The number of aryl methyl sites for hydroxylation is 1. The number of nitrogens with zero attached hydrogens (tertiary/aromatic N) is 2. The summed E-state index contributed by atoms with van der Waals surface area (Å²) in [4.78, 5) is 12.7. The third-order valence-corrected chi connectivity index (χ3v) is 4.65. The van der Waals surface area contributed by atoms with E-state index in [1.807, 2.05) is 26.0 Å². The monoisotopic (exact) mass is 397 g/mol. The number of ether oxygens (including phenoxy) is 3. The predicted molar refractivity (Wildman–Crippen MR) is 113 cm³/mol. The maximum Gasteiger partial charge on any atom is 0.266 e. The van der Waals surface area contributed by atoms with Gasteiger partial charge in [0.1, 0.15) is 11.6 Å². The molecule has 2 rings (SSSR count). The molecule has 0 spiro atoms. The SMILES string of the molecule is CCCn1c(C)cc(/C=C(\C#N)C(=O)Nc2cc(OC)c(OC)c(OC)c2)c1C. The molecule has 1 N–H and O–H groups in total. The minimum Gasteiger partial charge on any atom is -0.493 e. The molecule has 1 aromatic carbocycles. The molecule has 0 aliphatic carbocycles. The van der Waals surface area contributed by atoms with Gasteiger partial charge in [-0.15, -0.1) is 0 Å². The predicted octanol–water partition coefficient (Wildman–Crippen LogP) is 4.09. The Hall–Kier alpha value is -3.40. The zero-order valence-electron chi connectivity index (χ0n) is 17.8. The van der Waals surface area contributed by atoms with Gasteiger partial charge in [-0.25, -0.2) is 0 Å². The number of anilines is 1. The van der Waals surface area contributed by atoms with Crippen LogP contribution < -0.4 is 19.5 Å². The van der Waals surface area contributed by atoms with Crippen molar-refractivity contribution in [2.45, 2.75) is 33.7 Å². The minimum absolute atomic E-state index is 0.00972. The van der Waals surface area contributed by atoms with Crippen LogP contribution in [0.5, 0.6) is 17.2 Å². The van der Waals surface area contributed by atoms with Crippen molar-refractivity contribution < 1.29 is 19.0 Å². The van der Waals surface area contributed by atoms with Crippen LogP contribution in [0.15, 0.2) is 23.8 Å². The maximum absolute atomic E-state index is 12.7. The summed E-state index contributed by atoms with van der Waals surface area (Å²) < 4.78 is 18.1. The summed E-state index contributed by atoms with van der Waals surface area (Å²) in [6, 6.07) is 7.20. The number of hydrogen-bond donors (Lipinski definition) is 1. The average molecular weight is 397 g/mol. The first-order chi connectivity index (χ1) is 13.9. The number of hydrogen-bond acceptors (Lipinski definition) is 5. The highest BCUT2D eigenvalue weighted by atomic mass is 16.5. The van der Waals surface area contributed by atoms with Gasteiger partial charge in [0.25, 0.3) is 5.91 Å². The topological polar surface area (TPSA) is 85.5 Å². The van der Waals surface area contributed by atoms with Crippen LogP contribution >= 0.6 is 0 Å². The number of nitriles is 1. The standard InChI is InChI=1S/C22H27N3O4/c1-7-8-25-14(2)9-16(15(25)3)10-17(13-23)22(26)24-18-11-19(27-4)21(29-6)20(12-18)28-5/h9-12H,7-8H2,1-6H3,(H,24,26)/b17-10+. The first-order valence-corrected chi connectivity index (χ1v) is 9.29. The lowest BCUT2D eigenvalue weighted by Crippen LogP contribution is -2.14. The molecule has 7 nitrogen and oxygen atoms in total. The highest BCUT2D eigenvalue weighted by Gasteiger charge is 2.17. The molecular formula is C22H27N3O4. The van der Waals surface area contributed by atoms with Crippen LogP contribution in [0.3, 0.4) is 0 Å². The molecule has 1 heterocycles. The Kier molecular flexibility index (Phi) is 7.32. The van der Waals surface area contributed by atoms with Crippen molar-refractivity contribution >= 4 is 17.7 Å². The molecule has 0 atom stereocenters. The van der Waals surface area contributed by atoms with Crippen molar-refractivity contribution in [2.24, 2.45) is 0 Å². The molecular weight excluding hydrogens is 370 g/mol.